The first kappa shape index (κ1) is 8.94. The minimum atomic E-state index is -0.462. The molecule has 66 valence electrons. The Hall–Kier alpha value is -0.150. The summed E-state index contributed by atoms with van der Waals surface area (Å²) in [4.78, 5) is 0. The molecule has 2 nitrogen and oxygen atoms in total. The molecule has 0 aromatic carbocycles. The lowest BCUT2D eigenvalue weighted by Crippen LogP contribution is -2.46. The highest BCUT2D eigenvalue weighted by Gasteiger charge is 2.33. The van der Waals surface area contributed by atoms with Crippen molar-refractivity contribution in [2.24, 2.45) is 0 Å². The molecule has 2 N–H and O–H groups in total. The Balaban J connectivity index is 1.94. The number of hydrogen-bond acceptors (Lipinski definition) is 2. The van der Waals surface area contributed by atoms with Crippen molar-refractivity contribution in [1.29, 1.82) is 0 Å². The average molecular weight is 161 g/mol. The van der Waals surface area contributed by atoms with Gasteiger partial charge in [0, 0.05) is 6.54 Å². The molecule has 0 aromatic rings. The Labute approximate surface area is 66.8 Å². The van der Waals surface area contributed by atoms with Crippen molar-refractivity contribution in [2.75, 3.05) is 19.8 Å². The Kier molecular flexibility index (Phi) is 3.27. The highest BCUT2D eigenvalue weighted by Crippen LogP contribution is 2.30. The maximum absolute atomic E-state index is 11.6. The van der Waals surface area contributed by atoms with Gasteiger partial charge in [-0.2, -0.15) is 0 Å². The van der Waals surface area contributed by atoms with Gasteiger partial charge in [0.05, 0.1) is 12.3 Å². The predicted molar refractivity (Wildman–Crippen MR) is 42.3 cm³/mol. The molecule has 0 amide bonds. The predicted octanol–water partition coefficient (Wildman–Crippen LogP) is 0.851. The van der Waals surface area contributed by atoms with Crippen molar-refractivity contribution in [3.05, 3.63) is 0 Å². The number of hydrogen-bond donors (Lipinski definition) is 2. The summed E-state index contributed by atoms with van der Waals surface area (Å²) < 4.78 is 11.6. The molecule has 0 heterocycles. The summed E-state index contributed by atoms with van der Waals surface area (Å²) in [7, 11) is 0. The number of aliphatic hydroxyl groups is 1. The zero-order chi connectivity index (χ0) is 8.16. The summed E-state index contributed by atoms with van der Waals surface area (Å²) >= 11 is 0. The Bertz CT molecular complexity index is 115. The third-order valence-electron chi connectivity index (χ3n) is 2.23. The molecular formula is C8H16FNO. The van der Waals surface area contributed by atoms with Crippen molar-refractivity contribution in [3.8, 4) is 0 Å². The molecular weight excluding hydrogens is 145 g/mol. The molecule has 0 radical (unpaired) electrons. The van der Waals surface area contributed by atoms with E-state index in [1.807, 2.05) is 0 Å². The van der Waals surface area contributed by atoms with Gasteiger partial charge in [0.15, 0.2) is 0 Å². The number of nitrogens with one attached hydrogen (secondary N) is 1. The fourth-order valence-corrected chi connectivity index (χ4v) is 1.27. The normalized spacial score (nSPS) is 21.3. The topological polar surface area (TPSA) is 32.3 Å². The standard InChI is InChI=1S/C8H16FNO/c9-5-2-6-10-7-8(11)3-1-4-8/h10-11H,1-7H2. The van der Waals surface area contributed by atoms with Crippen molar-refractivity contribution in [2.45, 2.75) is 31.3 Å². The van der Waals surface area contributed by atoms with E-state index in [0.717, 1.165) is 19.3 Å². The summed E-state index contributed by atoms with van der Waals surface area (Å²) in [5.74, 6) is 0. The van der Waals surface area contributed by atoms with Crippen LogP contribution in [0.1, 0.15) is 25.7 Å². The van der Waals surface area contributed by atoms with Crippen LogP contribution in [-0.4, -0.2) is 30.5 Å². The van der Waals surface area contributed by atoms with Gasteiger partial charge in [0.2, 0.25) is 0 Å². The molecule has 1 saturated carbocycles. The molecule has 0 spiro atoms. The molecule has 0 aromatic heterocycles. The first-order valence-corrected chi connectivity index (χ1v) is 4.26. The van der Waals surface area contributed by atoms with E-state index >= 15 is 0 Å². The molecule has 1 aliphatic carbocycles. The fourth-order valence-electron chi connectivity index (χ4n) is 1.27. The Morgan fingerprint density at radius 1 is 1.45 bits per heavy atom. The maximum Gasteiger partial charge on any atom is 0.0906 e. The van der Waals surface area contributed by atoms with Gasteiger partial charge >= 0.3 is 0 Å². The molecule has 1 aliphatic rings. The molecule has 1 fully saturated rings. The second-order valence-electron chi connectivity index (χ2n) is 3.30. The van der Waals surface area contributed by atoms with Gasteiger partial charge in [-0.05, 0) is 32.2 Å². The van der Waals surface area contributed by atoms with Crippen LogP contribution in [0.4, 0.5) is 4.39 Å². The second kappa shape index (κ2) is 4.02. The van der Waals surface area contributed by atoms with E-state index in [4.69, 9.17) is 0 Å². The first-order valence-electron chi connectivity index (χ1n) is 4.26. The average Bonchev–Trinajstić information content (AvgIpc) is 1.95. The largest absolute Gasteiger partial charge is 0.389 e. The minimum absolute atomic E-state index is 0.272. The molecule has 0 atom stereocenters. The third-order valence-corrected chi connectivity index (χ3v) is 2.23. The number of halogens is 1. The highest BCUT2D eigenvalue weighted by atomic mass is 19.1. The zero-order valence-electron chi connectivity index (χ0n) is 6.77. The Morgan fingerprint density at radius 3 is 2.64 bits per heavy atom. The van der Waals surface area contributed by atoms with Gasteiger partial charge in [-0.25, -0.2) is 0 Å². The van der Waals surface area contributed by atoms with Crippen LogP contribution in [0.15, 0.2) is 0 Å². The van der Waals surface area contributed by atoms with Crippen LogP contribution in [0, 0.1) is 0 Å². The summed E-state index contributed by atoms with van der Waals surface area (Å²) in [6, 6.07) is 0. The third kappa shape index (κ3) is 2.75. The minimum Gasteiger partial charge on any atom is -0.389 e. The summed E-state index contributed by atoms with van der Waals surface area (Å²) in [6.07, 6.45) is 3.47. The molecule has 0 bridgehead atoms. The van der Waals surface area contributed by atoms with Crippen LogP contribution < -0.4 is 5.32 Å². The van der Waals surface area contributed by atoms with E-state index in [0.29, 0.717) is 19.5 Å². The van der Waals surface area contributed by atoms with Crippen molar-refractivity contribution in [1.82, 2.24) is 5.32 Å². The van der Waals surface area contributed by atoms with Gasteiger partial charge in [-0.1, -0.05) is 0 Å². The lowest BCUT2D eigenvalue weighted by Gasteiger charge is -2.36. The molecule has 3 heteroatoms. The summed E-state index contributed by atoms with van der Waals surface area (Å²) in [5, 5.41) is 12.6. The van der Waals surface area contributed by atoms with Gasteiger partial charge in [-0.15, -0.1) is 0 Å². The van der Waals surface area contributed by atoms with E-state index in [9.17, 15) is 9.50 Å². The summed E-state index contributed by atoms with van der Waals surface area (Å²) in [6.45, 7) is 1.04. The van der Waals surface area contributed by atoms with Gasteiger partial charge in [0.25, 0.3) is 0 Å². The lowest BCUT2D eigenvalue weighted by atomic mass is 9.80. The van der Waals surface area contributed by atoms with Crippen molar-refractivity contribution in [3.63, 3.8) is 0 Å². The van der Waals surface area contributed by atoms with Gasteiger partial charge < -0.3 is 10.4 Å². The number of alkyl halides is 1. The quantitative estimate of drug-likeness (QED) is 0.586. The van der Waals surface area contributed by atoms with Crippen molar-refractivity contribution >= 4 is 0 Å². The summed E-state index contributed by atoms with van der Waals surface area (Å²) in [5.41, 5.74) is -0.462. The Morgan fingerprint density at radius 2 is 2.18 bits per heavy atom. The lowest BCUT2D eigenvalue weighted by molar-refractivity contribution is -0.0311. The first-order chi connectivity index (χ1) is 5.27. The van der Waals surface area contributed by atoms with E-state index in [-0.39, 0.29) is 6.67 Å². The van der Waals surface area contributed by atoms with Crippen LogP contribution in [0.5, 0.6) is 0 Å². The molecule has 1 rings (SSSR count). The van der Waals surface area contributed by atoms with Gasteiger partial charge in [0.1, 0.15) is 0 Å². The van der Waals surface area contributed by atoms with Crippen molar-refractivity contribution < 1.29 is 9.50 Å². The van der Waals surface area contributed by atoms with E-state index in [1.54, 1.807) is 0 Å². The van der Waals surface area contributed by atoms with Gasteiger partial charge in [-0.3, -0.25) is 4.39 Å². The fraction of sp³-hybridized carbons (Fsp3) is 1.00. The SMILES string of the molecule is OC1(CNCCCF)CCC1. The van der Waals surface area contributed by atoms with E-state index in [1.165, 1.54) is 0 Å². The molecule has 11 heavy (non-hydrogen) atoms. The second-order valence-corrected chi connectivity index (χ2v) is 3.30. The van der Waals surface area contributed by atoms with Crippen LogP contribution in [-0.2, 0) is 0 Å². The molecule has 0 saturated heterocycles. The smallest absolute Gasteiger partial charge is 0.0906 e. The molecule has 0 aliphatic heterocycles. The van der Waals surface area contributed by atoms with Crippen LogP contribution >= 0.6 is 0 Å². The van der Waals surface area contributed by atoms with Crippen LogP contribution in [0.3, 0.4) is 0 Å². The maximum atomic E-state index is 11.6. The molecule has 0 unspecified atom stereocenters. The van der Waals surface area contributed by atoms with E-state index in [2.05, 4.69) is 5.32 Å². The number of rotatable bonds is 5. The monoisotopic (exact) mass is 161 g/mol. The zero-order valence-corrected chi connectivity index (χ0v) is 6.77. The van der Waals surface area contributed by atoms with E-state index < -0.39 is 5.60 Å². The highest BCUT2D eigenvalue weighted by molar-refractivity contribution is 4.89. The van der Waals surface area contributed by atoms with Crippen LogP contribution in [0.25, 0.3) is 0 Å². The van der Waals surface area contributed by atoms with Crippen LogP contribution in [0.2, 0.25) is 0 Å².